The second-order valence-corrected chi connectivity index (χ2v) is 7.69. The molecule has 0 bridgehead atoms. The molecule has 1 saturated heterocycles. The lowest BCUT2D eigenvalue weighted by Crippen LogP contribution is -2.39. The van der Waals surface area contributed by atoms with Crippen LogP contribution < -0.4 is 15.8 Å². The molecule has 2 atom stereocenters. The van der Waals surface area contributed by atoms with E-state index in [4.69, 9.17) is 26.8 Å². The molecule has 158 valence electrons. The van der Waals surface area contributed by atoms with E-state index in [1.165, 1.54) is 6.33 Å². The number of methoxy groups -OCH3 is 1. The Morgan fingerprint density at radius 3 is 2.83 bits per heavy atom. The largest absolute Gasteiger partial charge is 0.496 e. The number of carbonyl (C=O) groups is 1. The number of halogens is 1. The van der Waals surface area contributed by atoms with Crippen molar-refractivity contribution >= 4 is 34.4 Å². The zero-order valence-electron chi connectivity index (χ0n) is 17.2. The van der Waals surface area contributed by atoms with Crippen LogP contribution in [0.4, 0.5) is 5.82 Å². The molecule has 1 amide bonds. The number of morpholine rings is 1. The number of nitrogen functional groups attached to an aromatic ring is 1. The topological polar surface area (TPSA) is 117 Å². The van der Waals surface area contributed by atoms with Crippen LogP contribution in [0.2, 0.25) is 5.02 Å². The standard InChI is InChI=1S/C20H23ClN6O3/c1-9-13(21)5-12(18(29-4)16(9)14-6-23-15(28)7-30-14)11(3)27-20-17(10(2)26-27)19(22)24-8-25-20/h5,8,11,14H,6-7H2,1-4H3,(H,23,28)(H2,22,24,25)/t11-,14-/m0/s1. The number of hydrogen-bond acceptors (Lipinski definition) is 7. The monoisotopic (exact) mass is 430 g/mol. The molecule has 0 spiro atoms. The Balaban J connectivity index is 1.87. The molecule has 4 rings (SSSR count). The fraction of sp³-hybridized carbons (Fsp3) is 0.400. The van der Waals surface area contributed by atoms with Crippen molar-refractivity contribution in [3.05, 3.63) is 39.8 Å². The number of benzene rings is 1. The first-order chi connectivity index (χ1) is 14.3. The van der Waals surface area contributed by atoms with Crippen molar-refractivity contribution in [3.63, 3.8) is 0 Å². The molecular formula is C20H23ClN6O3. The maximum absolute atomic E-state index is 11.5. The van der Waals surface area contributed by atoms with Crippen molar-refractivity contribution in [2.24, 2.45) is 0 Å². The number of nitrogens with zero attached hydrogens (tertiary/aromatic N) is 4. The Kier molecular flexibility index (Phi) is 5.25. The molecule has 0 unspecified atom stereocenters. The van der Waals surface area contributed by atoms with Crippen LogP contribution in [0.1, 0.15) is 41.5 Å². The summed E-state index contributed by atoms with van der Waals surface area (Å²) < 4.78 is 13.4. The van der Waals surface area contributed by atoms with Gasteiger partial charge >= 0.3 is 0 Å². The lowest BCUT2D eigenvalue weighted by molar-refractivity contribution is -0.133. The van der Waals surface area contributed by atoms with Gasteiger partial charge in [0.2, 0.25) is 5.91 Å². The van der Waals surface area contributed by atoms with Crippen molar-refractivity contribution in [3.8, 4) is 5.75 Å². The number of fused-ring (bicyclic) bond motifs is 1. The van der Waals surface area contributed by atoms with Crippen molar-refractivity contribution in [2.45, 2.75) is 32.9 Å². The Morgan fingerprint density at radius 1 is 1.40 bits per heavy atom. The highest BCUT2D eigenvalue weighted by Crippen LogP contribution is 2.42. The van der Waals surface area contributed by atoms with E-state index in [1.54, 1.807) is 11.8 Å². The summed E-state index contributed by atoms with van der Waals surface area (Å²) in [5.74, 6) is 0.889. The van der Waals surface area contributed by atoms with Gasteiger partial charge in [0.15, 0.2) is 5.65 Å². The predicted molar refractivity (Wildman–Crippen MR) is 113 cm³/mol. The average Bonchev–Trinajstić information content (AvgIpc) is 3.07. The lowest BCUT2D eigenvalue weighted by atomic mass is 9.94. The van der Waals surface area contributed by atoms with Gasteiger partial charge in [-0.05, 0) is 32.4 Å². The molecule has 0 aliphatic carbocycles. The number of hydrogen-bond donors (Lipinski definition) is 2. The molecule has 3 heterocycles. The van der Waals surface area contributed by atoms with Gasteiger partial charge in [-0.3, -0.25) is 4.79 Å². The first-order valence-corrected chi connectivity index (χ1v) is 9.91. The normalized spacial score (nSPS) is 17.8. The third-order valence-corrected chi connectivity index (χ3v) is 5.88. The summed E-state index contributed by atoms with van der Waals surface area (Å²) in [6, 6.07) is 1.61. The van der Waals surface area contributed by atoms with Gasteiger partial charge in [0.25, 0.3) is 0 Å². The van der Waals surface area contributed by atoms with Gasteiger partial charge in [0.1, 0.15) is 30.6 Å². The Labute approximate surface area is 178 Å². The predicted octanol–water partition coefficient (Wildman–Crippen LogP) is 2.48. The zero-order chi connectivity index (χ0) is 21.6. The molecule has 0 radical (unpaired) electrons. The maximum atomic E-state index is 11.5. The number of nitrogens with one attached hydrogen (secondary N) is 1. The number of carbonyl (C=O) groups excluding carboxylic acids is 1. The Hall–Kier alpha value is -2.91. The van der Waals surface area contributed by atoms with Crippen molar-refractivity contribution < 1.29 is 14.3 Å². The Morgan fingerprint density at radius 2 is 2.17 bits per heavy atom. The number of rotatable bonds is 4. The van der Waals surface area contributed by atoms with Gasteiger partial charge in [-0.15, -0.1) is 0 Å². The van der Waals surface area contributed by atoms with Crippen molar-refractivity contribution in [1.82, 2.24) is 25.1 Å². The summed E-state index contributed by atoms with van der Waals surface area (Å²) in [6.45, 7) is 6.10. The van der Waals surface area contributed by atoms with E-state index in [0.717, 1.165) is 27.8 Å². The van der Waals surface area contributed by atoms with Crippen LogP contribution in [0.3, 0.4) is 0 Å². The molecule has 30 heavy (non-hydrogen) atoms. The van der Waals surface area contributed by atoms with Crippen LogP contribution in [0.5, 0.6) is 5.75 Å². The molecule has 1 fully saturated rings. The number of nitrogens with two attached hydrogens (primary N) is 1. The summed E-state index contributed by atoms with van der Waals surface area (Å²) >= 11 is 6.60. The highest BCUT2D eigenvalue weighted by molar-refractivity contribution is 6.31. The minimum Gasteiger partial charge on any atom is -0.496 e. The number of anilines is 1. The molecule has 1 aliphatic rings. The van der Waals surface area contributed by atoms with Crippen LogP contribution in [-0.2, 0) is 9.53 Å². The second kappa shape index (κ2) is 7.73. The molecule has 3 aromatic rings. The molecule has 1 aliphatic heterocycles. The minimum absolute atomic E-state index is 0.0101. The Bertz CT molecular complexity index is 1140. The summed E-state index contributed by atoms with van der Waals surface area (Å²) in [5.41, 5.74) is 9.90. The fourth-order valence-corrected chi connectivity index (χ4v) is 4.16. The minimum atomic E-state index is -0.364. The summed E-state index contributed by atoms with van der Waals surface area (Å²) in [5, 5.41) is 8.79. The lowest BCUT2D eigenvalue weighted by Gasteiger charge is -2.29. The van der Waals surface area contributed by atoms with Gasteiger partial charge in [-0.25, -0.2) is 14.6 Å². The number of ether oxygens (including phenoxy) is 2. The fourth-order valence-electron chi connectivity index (χ4n) is 3.94. The first kappa shape index (κ1) is 20.4. The van der Waals surface area contributed by atoms with E-state index in [2.05, 4.69) is 20.4 Å². The second-order valence-electron chi connectivity index (χ2n) is 7.29. The van der Waals surface area contributed by atoms with Gasteiger partial charge in [-0.1, -0.05) is 11.6 Å². The van der Waals surface area contributed by atoms with Crippen LogP contribution >= 0.6 is 11.6 Å². The van der Waals surface area contributed by atoms with Gasteiger partial charge in [0, 0.05) is 22.7 Å². The molecule has 0 saturated carbocycles. The third kappa shape index (κ3) is 3.23. The van der Waals surface area contributed by atoms with E-state index in [0.29, 0.717) is 28.8 Å². The molecule has 3 N–H and O–H groups in total. The van der Waals surface area contributed by atoms with E-state index in [1.807, 2.05) is 26.8 Å². The molecule has 10 heteroatoms. The van der Waals surface area contributed by atoms with E-state index in [-0.39, 0.29) is 24.7 Å². The quantitative estimate of drug-likeness (QED) is 0.652. The number of aryl methyl sites for hydroxylation is 1. The average molecular weight is 431 g/mol. The van der Waals surface area contributed by atoms with E-state index >= 15 is 0 Å². The SMILES string of the molecule is COc1c([C@H](C)n2nc(C)c3c(N)ncnc32)cc(Cl)c(C)c1[C@@H]1CNC(=O)CO1. The summed E-state index contributed by atoms with van der Waals surface area (Å²) in [7, 11) is 1.61. The van der Waals surface area contributed by atoms with E-state index < -0.39 is 0 Å². The van der Waals surface area contributed by atoms with E-state index in [9.17, 15) is 4.79 Å². The third-order valence-electron chi connectivity index (χ3n) is 5.49. The first-order valence-electron chi connectivity index (χ1n) is 9.53. The number of aromatic nitrogens is 4. The smallest absolute Gasteiger partial charge is 0.246 e. The van der Waals surface area contributed by atoms with Gasteiger partial charge in [0.05, 0.1) is 24.2 Å². The summed E-state index contributed by atoms with van der Waals surface area (Å²) in [6.07, 6.45) is 1.06. The maximum Gasteiger partial charge on any atom is 0.246 e. The van der Waals surface area contributed by atoms with Crippen LogP contribution in [0.15, 0.2) is 12.4 Å². The number of amides is 1. The highest BCUT2D eigenvalue weighted by atomic mass is 35.5. The van der Waals surface area contributed by atoms with Gasteiger partial charge in [-0.2, -0.15) is 5.10 Å². The van der Waals surface area contributed by atoms with Crippen molar-refractivity contribution in [1.29, 1.82) is 0 Å². The van der Waals surface area contributed by atoms with Crippen molar-refractivity contribution in [2.75, 3.05) is 26.0 Å². The molecular weight excluding hydrogens is 408 g/mol. The van der Waals surface area contributed by atoms with Crippen LogP contribution in [-0.4, -0.2) is 45.9 Å². The summed E-state index contributed by atoms with van der Waals surface area (Å²) in [4.78, 5) is 20.0. The van der Waals surface area contributed by atoms with Gasteiger partial charge < -0.3 is 20.5 Å². The highest BCUT2D eigenvalue weighted by Gasteiger charge is 2.30. The molecule has 9 nitrogen and oxygen atoms in total. The van der Waals surface area contributed by atoms with Crippen LogP contribution in [0.25, 0.3) is 11.0 Å². The zero-order valence-corrected chi connectivity index (χ0v) is 17.9. The van der Waals surface area contributed by atoms with Crippen LogP contribution in [0, 0.1) is 13.8 Å². The molecule has 2 aromatic heterocycles. The molecule has 1 aromatic carbocycles.